The van der Waals surface area contributed by atoms with Crippen LogP contribution in [0.5, 0.6) is 5.75 Å². The molecule has 0 radical (unpaired) electrons. The predicted octanol–water partition coefficient (Wildman–Crippen LogP) is 6.05. The van der Waals surface area contributed by atoms with E-state index in [0.29, 0.717) is 27.6 Å². The molecule has 1 aliphatic heterocycles. The summed E-state index contributed by atoms with van der Waals surface area (Å²) >= 11 is 6.20. The number of hydrogen-bond donors (Lipinski definition) is 3. The molecule has 38 heavy (non-hydrogen) atoms. The molecule has 4 aromatic rings. The molecule has 1 saturated carbocycles. The van der Waals surface area contributed by atoms with Crippen LogP contribution >= 0.6 is 11.6 Å². The summed E-state index contributed by atoms with van der Waals surface area (Å²) in [5.74, 6) is -0.0560. The molecule has 0 saturated heterocycles. The fourth-order valence-corrected chi connectivity index (χ4v) is 6.25. The largest absolute Gasteiger partial charge is 0.478 e. The second-order valence-electron chi connectivity index (χ2n) is 9.86. The lowest BCUT2D eigenvalue weighted by atomic mass is 9.71. The fraction of sp³-hybridized carbons (Fsp3) is 0.194. The van der Waals surface area contributed by atoms with Crippen molar-refractivity contribution in [2.24, 2.45) is 0 Å². The maximum absolute atomic E-state index is 12.4. The number of rotatable bonds is 5. The Bertz CT molecular complexity index is 1480. The number of halogens is 1. The van der Waals surface area contributed by atoms with Gasteiger partial charge in [0.05, 0.1) is 18.3 Å². The van der Waals surface area contributed by atoms with Gasteiger partial charge in [0.25, 0.3) is 0 Å². The summed E-state index contributed by atoms with van der Waals surface area (Å²) in [6, 6.07) is 31.1. The van der Waals surface area contributed by atoms with Crippen LogP contribution in [0, 0.1) is 0 Å². The molecule has 1 heterocycles. The topological polar surface area (TPSA) is 90.2 Å². The standard InChI is InChI=1S/C31H26ClNO5/c32-23-13-11-22(12-14-23)31-26(21-9-5-2-6-10-21)18-28(34)30(31,37)25-16-15-24(17-27(25)38-31)33(29(35)36)19-20-7-3-1-4-8-20/h1-17,26,28,34,37H,18-19H2,(H,35,36). The summed E-state index contributed by atoms with van der Waals surface area (Å²) in [5, 5.41) is 34.4. The first-order valence-corrected chi connectivity index (χ1v) is 12.8. The van der Waals surface area contributed by atoms with Crippen LogP contribution < -0.4 is 9.64 Å². The summed E-state index contributed by atoms with van der Waals surface area (Å²) in [7, 11) is 0. The number of fused-ring (bicyclic) bond motifs is 3. The van der Waals surface area contributed by atoms with E-state index in [1.807, 2.05) is 72.8 Å². The first kappa shape index (κ1) is 24.5. The van der Waals surface area contributed by atoms with Crippen molar-refractivity contribution >= 4 is 23.4 Å². The van der Waals surface area contributed by atoms with Gasteiger partial charge in [-0.15, -0.1) is 0 Å². The summed E-state index contributed by atoms with van der Waals surface area (Å²) < 4.78 is 6.73. The number of nitrogens with zero attached hydrogens (tertiary/aromatic N) is 1. The van der Waals surface area contributed by atoms with Gasteiger partial charge in [0.15, 0.2) is 11.2 Å². The van der Waals surface area contributed by atoms with Gasteiger partial charge in [-0.05, 0) is 41.3 Å². The van der Waals surface area contributed by atoms with Gasteiger partial charge in [0.2, 0.25) is 0 Å². The predicted molar refractivity (Wildman–Crippen MR) is 145 cm³/mol. The Kier molecular flexibility index (Phi) is 5.91. The summed E-state index contributed by atoms with van der Waals surface area (Å²) in [4.78, 5) is 13.5. The zero-order chi connectivity index (χ0) is 26.5. The van der Waals surface area contributed by atoms with Crippen molar-refractivity contribution in [1.29, 1.82) is 0 Å². The van der Waals surface area contributed by atoms with E-state index >= 15 is 0 Å². The number of benzene rings is 4. The molecular formula is C31H26ClNO5. The number of ether oxygens (including phenoxy) is 1. The highest BCUT2D eigenvalue weighted by atomic mass is 35.5. The minimum Gasteiger partial charge on any atom is -0.478 e. The SMILES string of the molecule is O=C(O)N(Cc1ccccc1)c1ccc2c(c1)OC1(c3ccc(Cl)cc3)C(c3ccccc3)CC(O)C21O. The molecule has 2 aliphatic rings. The Balaban J connectivity index is 1.50. The molecule has 1 fully saturated rings. The maximum Gasteiger partial charge on any atom is 0.412 e. The van der Waals surface area contributed by atoms with Gasteiger partial charge in [-0.1, -0.05) is 90.5 Å². The molecule has 3 N–H and O–H groups in total. The Labute approximate surface area is 225 Å². The molecule has 192 valence electrons. The van der Waals surface area contributed by atoms with Gasteiger partial charge < -0.3 is 20.1 Å². The smallest absolute Gasteiger partial charge is 0.412 e. The van der Waals surface area contributed by atoms with Crippen molar-refractivity contribution < 1.29 is 24.9 Å². The average molecular weight is 528 g/mol. The van der Waals surface area contributed by atoms with Gasteiger partial charge >= 0.3 is 6.09 Å². The molecule has 7 heteroatoms. The molecule has 1 amide bonds. The lowest BCUT2D eigenvalue weighted by Crippen LogP contribution is -2.51. The molecular weight excluding hydrogens is 502 g/mol. The molecule has 4 unspecified atom stereocenters. The Morgan fingerprint density at radius 2 is 1.61 bits per heavy atom. The van der Waals surface area contributed by atoms with E-state index in [9.17, 15) is 20.1 Å². The van der Waals surface area contributed by atoms with Crippen molar-refractivity contribution in [3.63, 3.8) is 0 Å². The highest BCUT2D eigenvalue weighted by Gasteiger charge is 2.72. The number of aliphatic hydroxyl groups is 2. The summed E-state index contributed by atoms with van der Waals surface area (Å²) in [6.07, 6.45) is -1.96. The number of amides is 1. The van der Waals surface area contributed by atoms with Crippen LogP contribution in [-0.2, 0) is 17.7 Å². The van der Waals surface area contributed by atoms with Crippen LogP contribution in [0.2, 0.25) is 5.02 Å². The lowest BCUT2D eigenvalue weighted by Gasteiger charge is -2.40. The van der Waals surface area contributed by atoms with E-state index in [4.69, 9.17) is 16.3 Å². The normalized spacial score (nSPS) is 25.3. The number of aliphatic hydroxyl groups excluding tert-OH is 1. The third-order valence-electron chi connectivity index (χ3n) is 7.85. The Morgan fingerprint density at radius 1 is 0.947 bits per heavy atom. The second kappa shape index (κ2) is 9.17. The number of anilines is 1. The highest BCUT2D eigenvalue weighted by Crippen LogP contribution is 2.66. The van der Waals surface area contributed by atoms with Gasteiger partial charge in [-0.2, -0.15) is 0 Å². The van der Waals surface area contributed by atoms with Crippen LogP contribution in [-0.4, -0.2) is 27.5 Å². The maximum atomic E-state index is 12.4. The zero-order valence-corrected chi connectivity index (χ0v) is 21.1. The second-order valence-corrected chi connectivity index (χ2v) is 10.3. The third kappa shape index (κ3) is 3.60. The number of carbonyl (C=O) groups is 1. The average Bonchev–Trinajstić information content (AvgIpc) is 3.33. The van der Waals surface area contributed by atoms with E-state index in [2.05, 4.69) is 0 Å². The molecule has 0 bridgehead atoms. The van der Waals surface area contributed by atoms with Gasteiger partial charge in [0.1, 0.15) is 5.75 Å². The van der Waals surface area contributed by atoms with E-state index in [1.165, 1.54) is 4.90 Å². The number of hydrogen-bond acceptors (Lipinski definition) is 4. The van der Waals surface area contributed by atoms with Crippen molar-refractivity contribution in [3.05, 3.63) is 130 Å². The van der Waals surface area contributed by atoms with Crippen molar-refractivity contribution in [1.82, 2.24) is 0 Å². The number of carboxylic acid groups (broad SMARTS) is 1. The highest BCUT2D eigenvalue weighted by molar-refractivity contribution is 6.30. The fourth-order valence-electron chi connectivity index (χ4n) is 6.12. The summed E-state index contributed by atoms with van der Waals surface area (Å²) in [5.41, 5.74) is 0.126. The Morgan fingerprint density at radius 3 is 2.26 bits per heavy atom. The lowest BCUT2D eigenvalue weighted by molar-refractivity contribution is -0.149. The third-order valence-corrected chi connectivity index (χ3v) is 8.10. The van der Waals surface area contributed by atoms with Crippen LogP contribution in [0.15, 0.2) is 103 Å². The van der Waals surface area contributed by atoms with Crippen molar-refractivity contribution in [2.45, 2.75) is 36.2 Å². The van der Waals surface area contributed by atoms with Crippen LogP contribution in [0.3, 0.4) is 0 Å². The molecule has 6 nitrogen and oxygen atoms in total. The molecule has 1 aliphatic carbocycles. The quantitative estimate of drug-likeness (QED) is 0.294. The molecule has 0 spiro atoms. The van der Waals surface area contributed by atoms with Crippen LogP contribution in [0.25, 0.3) is 0 Å². The van der Waals surface area contributed by atoms with Gasteiger partial charge in [-0.3, -0.25) is 4.90 Å². The van der Waals surface area contributed by atoms with Crippen molar-refractivity contribution in [2.75, 3.05) is 4.90 Å². The first-order chi connectivity index (χ1) is 18.3. The summed E-state index contributed by atoms with van der Waals surface area (Å²) in [6.45, 7) is 0.150. The Hall–Kier alpha value is -3.84. The van der Waals surface area contributed by atoms with Crippen LogP contribution in [0.4, 0.5) is 10.5 Å². The first-order valence-electron chi connectivity index (χ1n) is 12.4. The zero-order valence-electron chi connectivity index (χ0n) is 20.4. The van der Waals surface area contributed by atoms with E-state index < -0.39 is 23.4 Å². The molecule has 4 atom stereocenters. The monoisotopic (exact) mass is 527 g/mol. The minimum atomic E-state index is -1.78. The van der Waals surface area contributed by atoms with Crippen molar-refractivity contribution in [3.8, 4) is 5.75 Å². The van der Waals surface area contributed by atoms with E-state index in [1.54, 1.807) is 30.3 Å². The van der Waals surface area contributed by atoms with Gasteiger partial charge in [-0.25, -0.2) is 4.79 Å². The van der Waals surface area contributed by atoms with Crippen LogP contribution in [0.1, 0.15) is 34.6 Å². The molecule has 6 rings (SSSR count). The van der Waals surface area contributed by atoms with E-state index in [0.717, 1.165) is 11.1 Å². The van der Waals surface area contributed by atoms with Gasteiger partial charge in [0, 0.05) is 22.6 Å². The van der Waals surface area contributed by atoms with E-state index in [-0.39, 0.29) is 18.9 Å². The molecule has 0 aromatic heterocycles. The molecule has 4 aromatic carbocycles. The minimum absolute atomic E-state index is 0.150.